The first-order valence-corrected chi connectivity index (χ1v) is 10.1. The predicted octanol–water partition coefficient (Wildman–Crippen LogP) is 1.38. The normalized spacial score (nSPS) is 23.4. The minimum absolute atomic E-state index is 0.0195. The topological polar surface area (TPSA) is 77.2 Å². The third-order valence-corrected chi connectivity index (χ3v) is 6.59. The van der Waals surface area contributed by atoms with Gasteiger partial charge in [-0.25, -0.2) is 4.68 Å². The Morgan fingerprint density at radius 1 is 1.07 bits per heavy atom. The number of aromatic nitrogens is 3. The van der Waals surface area contributed by atoms with Crippen LogP contribution < -0.4 is 11.1 Å². The Morgan fingerprint density at radius 3 is 2.50 bits per heavy atom. The van der Waals surface area contributed by atoms with E-state index in [0.717, 1.165) is 18.4 Å². The lowest BCUT2D eigenvalue weighted by atomic mass is 9.85. The number of fused-ring (bicyclic) bond motifs is 3. The molecule has 3 aliphatic rings. The summed E-state index contributed by atoms with van der Waals surface area (Å²) in [5, 5.41) is 4.59. The van der Waals surface area contributed by atoms with Gasteiger partial charge in [-0.1, -0.05) is 24.1 Å². The molecule has 1 aliphatic carbocycles. The minimum atomic E-state index is -0.511. The van der Waals surface area contributed by atoms with Crippen molar-refractivity contribution in [2.45, 2.75) is 45.2 Å². The molecular formula is C21H24N4O3. The van der Waals surface area contributed by atoms with Crippen molar-refractivity contribution in [2.24, 2.45) is 11.8 Å². The second kappa shape index (κ2) is 6.43. The molecule has 0 spiro atoms. The number of aryl methyl sites for hydroxylation is 1. The van der Waals surface area contributed by atoms with Crippen LogP contribution in [0.15, 0.2) is 33.9 Å². The Morgan fingerprint density at radius 2 is 1.82 bits per heavy atom. The van der Waals surface area contributed by atoms with Gasteiger partial charge in [-0.2, -0.15) is 5.10 Å². The van der Waals surface area contributed by atoms with Gasteiger partial charge in [0.25, 0.3) is 5.91 Å². The zero-order valence-electron chi connectivity index (χ0n) is 16.0. The highest BCUT2D eigenvalue weighted by atomic mass is 16.2. The van der Waals surface area contributed by atoms with Crippen LogP contribution in [0, 0.1) is 18.8 Å². The summed E-state index contributed by atoms with van der Waals surface area (Å²) >= 11 is 0. The van der Waals surface area contributed by atoms with Crippen molar-refractivity contribution in [3.63, 3.8) is 0 Å². The van der Waals surface area contributed by atoms with E-state index in [9.17, 15) is 14.4 Å². The molecule has 0 N–H and O–H groups in total. The Kier molecular flexibility index (Phi) is 4.00. The highest BCUT2D eigenvalue weighted by Crippen LogP contribution is 2.37. The number of rotatable bonds is 3. The van der Waals surface area contributed by atoms with E-state index in [-0.39, 0.29) is 17.7 Å². The van der Waals surface area contributed by atoms with Crippen molar-refractivity contribution >= 4 is 5.91 Å². The third-order valence-electron chi connectivity index (χ3n) is 6.59. The maximum absolute atomic E-state index is 12.9. The zero-order valence-corrected chi connectivity index (χ0v) is 16.0. The lowest BCUT2D eigenvalue weighted by Crippen LogP contribution is -2.45. The molecule has 146 valence electrons. The molecule has 2 fully saturated rings. The van der Waals surface area contributed by atoms with Crippen molar-refractivity contribution in [1.82, 2.24) is 19.2 Å². The van der Waals surface area contributed by atoms with Crippen LogP contribution in [-0.2, 0) is 13.1 Å². The van der Waals surface area contributed by atoms with Crippen LogP contribution >= 0.6 is 0 Å². The van der Waals surface area contributed by atoms with Gasteiger partial charge in [0, 0.05) is 43.6 Å². The van der Waals surface area contributed by atoms with Crippen LogP contribution in [-0.4, -0.2) is 38.2 Å². The molecule has 2 aromatic rings. The van der Waals surface area contributed by atoms with Gasteiger partial charge in [-0.3, -0.25) is 19.0 Å². The molecule has 3 heterocycles. The largest absolute Gasteiger partial charge is 0.338 e. The van der Waals surface area contributed by atoms with Gasteiger partial charge in [0.15, 0.2) is 0 Å². The van der Waals surface area contributed by atoms with Gasteiger partial charge >= 0.3 is 11.1 Å². The van der Waals surface area contributed by atoms with Crippen LogP contribution in [0.5, 0.6) is 0 Å². The Labute approximate surface area is 162 Å². The minimum Gasteiger partial charge on any atom is -0.338 e. The van der Waals surface area contributed by atoms with E-state index in [1.807, 2.05) is 36.1 Å². The van der Waals surface area contributed by atoms with Gasteiger partial charge in [0.2, 0.25) is 0 Å². The average molecular weight is 380 g/mol. The molecule has 0 radical (unpaired) electrons. The molecule has 1 saturated heterocycles. The van der Waals surface area contributed by atoms with Crippen molar-refractivity contribution in [3.8, 4) is 0 Å². The van der Waals surface area contributed by atoms with E-state index in [1.54, 1.807) is 4.57 Å². The standard InChI is InChI=1S/C21H24N4O3/c1-13-5-7-15(8-6-13)19(26)23-10-16-11-24-18(17(16)12-23)22-25(21(28)20(24)27)9-14-3-2-4-14/h5-8,14,16-17H,2-4,9-12H2,1H3/t16-,17+/m0/s1. The van der Waals surface area contributed by atoms with Crippen LogP contribution in [0.2, 0.25) is 0 Å². The molecule has 7 nitrogen and oxygen atoms in total. The molecule has 5 rings (SSSR count). The fourth-order valence-electron chi connectivity index (χ4n) is 4.68. The summed E-state index contributed by atoms with van der Waals surface area (Å²) in [5.74, 6) is 1.32. The van der Waals surface area contributed by atoms with Crippen molar-refractivity contribution < 1.29 is 4.79 Å². The molecule has 7 heteroatoms. The van der Waals surface area contributed by atoms with E-state index in [2.05, 4.69) is 5.10 Å². The third kappa shape index (κ3) is 2.72. The Balaban J connectivity index is 1.41. The number of hydrogen-bond acceptors (Lipinski definition) is 4. The predicted molar refractivity (Wildman–Crippen MR) is 103 cm³/mol. The maximum atomic E-state index is 12.9. The lowest BCUT2D eigenvalue weighted by molar-refractivity contribution is 0.0783. The summed E-state index contributed by atoms with van der Waals surface area (Å²) in [4.78, 5) is 39.7. The van der Waals surface area contributed by atoms with E-state index in [1.165, 1.54) is 11.1 Å². The zero-order chi connectivity index (χ0) is 19.4. The molecule has 2 atom stereocenters. The summed E-state index contributed by atoms with van der Waals surface area (Å²) in [5.41, 5.74) is 0.834. The van der Waals surface area contributed by atoms with Crippen LogP contribution in [0.25, 0.3) is 0 Å². The molecule has 0 unspecified atom stereocenters. The first-order chi connectivity index (χ1) is 13.5. The molecule has 1 aromatic heterocycles. The van der Waals surface area contributed by atoms with E-state index in [0.29, 0.717) is 43.5 Å². The molecular weight excluding hydrogens is 356 g/mol. The maximum Gasteiger partial charge on any atom is 0.332 e. The number of amides is 1. The summed E-state index contributed by atoms with van der Waals surface area (Å²) in [7, 11) is 0. The molecule has 28 heavy (non-hydrogen) atoms. The molecule has 1 saturated carbocycles. The van der Waals surface area contributed by atoms with Gasteiger partial charge in [-0.05, 0) is 37.8 Å². The van der Waals surface area contributed by atoms with Crippen LogP contribution in [0.4, 0.5) is 0 Å². The molecule has 1 aromatic carbocycles. The van der Waals surface area contributed by atoms with Gasteiger partial charge in [0.05, 0.1) is 0 Å². The van der Waals surface area contributed by atoms with Gasteiger partial charge in [0.1, 0.15) is 5.82 Å². The number of nitrogens with zero attached hydrogens (tertiary/aromatic N) is 4. The molecule has 2 aliphatic heterocycles. The summed E-state index contributed by atoms with van der Waals surface area (Å²) in [6, 6.07) is 7.61. The van der Waals surface area contributed by atoms with E-state index >= 15 is 0 Å². The smallest absolute Gasteiger partial charge is 0.332 e. The monoisotopic (exact) mass is 380 g/mol. The number of hydrogen-bond donors (Lipinski definition) is 0. The SMILES string of the molecule is Cc1ccc(C(=O)N2C[C@H]3Cn4c(nn(CC5CCC5)c(=O)c4=O)[C@@H]3C2)cc1. The summed E-state index contributed by atoms with van der Waals surface area (Å²) in [6.45, 7) is 4.15. The van der Waals surface area contributed by atoms with Gasteiger partial charge in [-0.15, -0.1) is 0 Å². The second-order valence-corrected chi connectivity index (χ2v) is 8.50. The van der Waals surface area contributed by atoms with Crippen molar-refractivity contribution in [3.05, 3.63) is 61.9 Å². The first-order valence-electron chi connectivity index (χ1n) is 10.1. The summed E-state index contributed by atoms with van der Waals surface area (Å²) < 4.78 is 2.92. The number of carbonyl (C=O) groups excluding carboxylic acids is 1. The molecule has 0 bridgehead atoms. The fourth-order valence-corrected chi connectivity index (χ4v) is 4.68. The molecule has 1 amide bonds. The van der Waals surface area contributed by atoms with Crippen LogP contribution in [0.1, 0.15) is 46.9 Å². The van der Waals surface area contributed by atoms with Crippen LogP contribution in [0.3, 0.4) is 0 Å². The van der Waals surface area contributed by atoms with E-state index < -0.39 is 11.1 Å². The Hall–Kier alpha value is -2.70. The van der Waals surface area contributed by atoms with E-state index in [4.69, 9.17) is 0 Å². The summed E-state index contributed by atoms with van der Waals surface area (Å²) in [6.07, 6.45) is 3.37. The van der Waals surface area contributed by atoms with Crippen molar-refractivity contribution in [2.75, 3.05) is 13.1 Å². The highest BCUT2D eigenvalue weighted by Gasteiger charge is 2.44. The lowest BCUT2D eigenvalue weighted by Gasteiger charge is -2.25. The number of benzene rings is 1. The highest BCUT2D eigenvalue weighted by molar-refractivity contribution is 5.94. The van der Waals surface area contributed by atoms with Gasteiger partial charge < -0.3 is 4.90 Å². The quantitative estimate of drug-likeness (QED) is 0.754. The van der Waals surface area contributed by atoms with Crippen molar-refractivity contribution in [1.29, 1.82) is 0 Å². The number of carbonyl (C=O) groups is 1. The average Bonchev–Trinajstić information content (AvgIpc) is 3.21. The fraction of sp³-hybridized carbons (Fsp3) is 0.524. The number of likely N-dealkylation sites (tertiary alicyclic amines) is 1. The second-order valence-electron chi connectivity index (χ2n) is 8.50. The Bertz CT molecular complexity index is 1050. The first kappa shape index (κ1) is 17.4.